The van der Waals surface area contributed by atoms with Crippen LogP contribution in [0.3, 0.4) is 0 Å². The first-order chi connectivity index (χ1) is 10.6. The van der Waals surface area contributed by atoms with Crippen LogP contribution >= 0.6 is 0 Å². The number of hydrogen-bond acceptors (Lipinski definition) is 3. The van der Waals surface area contributed by atoms with Gasteiger partial charge in [0.1, 0.15) is 12.7 Å². The molecule has 5 heteroatoms. The van der Waals surface area contributed by atoms with Crippen molar-refractivity contribution in [3.8, 4) is 0 Å². The van der Waals surface area contributed by atoms with E-state index in [0.717, 1.165) is 24.9 Å². The molecule has 1 aliphatic carbocycles. The van der Waals surface area contributed by atoms with Gasteiger partial charge in [0.25, 0.3) is 0 Å². The summed E-state index contributed by atoms with van der Waals surface area (Å²) in [5.74, 6) is 0.606. The molecule has 1 aromatic heterocycles. The molecule has 0 saturated heterocycles. The van der Waals surface area contributed by atoms with E-state index in [2.05, 4.69) is 28.4 Å². The zero-order valence-corrected chi connectivity index (χ0v) is 13.1. The normalized spacial score (nSPS) is 21.9. The molecule has 0 bridgehead atoms. The summed E-state index contributed by atoms with van der Waals surface area (Å²) >= 11 is 0. The van der Waals surface area contributed by atoms with Crippen molar-refractivity contribution in [2.75, 3.05) is 0 Å². The molecule has 1 fully saturated rings. The number of aryl methyl sites for hydroxylation is 1. The van der Waals surface area contributed by atoms with Crippen molar-refractivity contribution in [2.45, 2.75) is 45.2 Å². The van der Waals surface area contributed by atoms with Gasteiger partial charge in [-0.1, -0.05) is 24.3 Å². The van der Waals surface area contributed by atoms with Gasteiger partial charge in [-0.3, -0.25) is 9.48 Å². The molecular weight excluding hydrogens is 276 g/mol. The Kier molecular flexibility index (Phi) is 4.22. The summed E-state index contributed by atoms with van der Waals surface area (Å²) in [5.41, 5.74) is 2.28. The Morgan fingerprint density at radius 2 is 2.18 bits per heavy atom. The summed E-state index contributed by atoms with van der Waals surface area (Å²) in [6.45, 7) is 4.92. The van der Waals surface area contributed by atoms with Crippen LogP contribution in [0.15, 0.2) is 36.9 Å². The molecule has 1 saturated carbocycles. The topological polar surface area (TPSA) is 59.8 Å². The number of nitrogens with one attached hydrogen (secondary N) is 1. The van der Waals surface area contributed by atoms with Gasteiger partial charge in [0.05, 0.1) is 5.92 Å². The van der Waals surface area contributed by atoms with E-state index in [1.165, 1.54) is 5.56 Å². The summed E-state index contributed by atoms with van der Waals surface area (Å²) in [6.07, 6.45) is 5.34. The van der Waals surface area contributed by atoms with E-state index in [9.17, 15) is 4.79 Å². The minimum atomic E-state index is -0.101. The Morgan fingerprint density at radius 1 is 1.41 bits per heavy atom. The van der Waals surface area contributed by atoms with E-state index in [1.807, 2.05) is 29.8 Å². The maximum absolute atomic E-state index is 12.4. The second-order valence-electron chi connectivity index (χ2n) is 6.24. The minimum absolute atomic E-state index is 0.101. The molecule has 1 heterocycles. The lowest BCUT2D eigenvalue weighted by atomic mass is 9.80. The van der Waals surface area contributed by atoms with E-state index in [-0.39, 0.29) is 11.8 Å². The molecule has 1 aromatic carbocycles. The molecule has 3 rings (SSSR count). The maximum Gasteiger partial charge on any atom is 0.227 e. The van der Waals surface area contributed by atoms with Crippen LogP contribution < -0.4 is 5.32 Å². The van der Waals surface area contributed by atoms with Crippen molar-refractivity contribution >= 4 is 5.91 Å². The zero-order chi connectivity index (χ0) is 15.5. The van der Waals surface area contributed by atoms with E-state index < -0.39 is 0 Å². The fraction of sp³-hybridized carbons (Fsp3) is 0.471. The molecule has 1 unspecified atom stereocenters. The number of carbonyl (C=O) groups is 1. The fourth-order valence-corrected chi connectivity index (χ4v) is 3.13. The van der Waals surface area contributed by atoms with Gasteiger partial charge in [0, 0.05) is 12.6 Å². The first-order valence-corrected chi connectivity index (χ1v) is 7.82. The third-order valence-corrected chi connectivity index (χ3v) is 4.54. The van der Waals surface area contributed by atoms with Gasteiger partial charge in [-0.2, -0.15) is 5.10 Å². The van der Waals surface area contributed by atoms with Crippen molar-refractivity contribution in [3.63, 3.8) is 0 Å². The zero-order valence-electron chi connectivity index (χ0n) is 13.1. The Balaban J connectivity index is 1.48. The van der Waals surface area contributed by atoms with Crippen LogP contribution in [0, 0.1) is 12.8 Å². The lowest BCUT2D eigenvalue weighted by Gasteiger charge is -2.36. The van der Waals surface area contributed by atoms with Crippen LogP contribution in [-0.2, 0) is 11.3 Å². The van der Waals surface area contributed by atoms with Gasteiger partial charge in [-0.15, -0.1) is 0 Å². The van der Waals surface area contributed by atoms with Gasteiger partial charge in [-0.05, 0) is 43.7 Å². The number of hydrogen-bond donors (Lipinski definition) is 1. The highest BCUT2D eigenvalue weighted by Gasteiger charge is 2.31. The summed E-state index contributed by atoms with van der Waals surface area (Å²) < 4.78 is 1.86. The molecule has 22 heavy (non-hydrogen) atoms. The average molecular weight is 298 g/mol. The molecule has 1 amide bonds. The number of amides is 1. The molecule has 0 aliphatic heterocycles. The molecule has 1 aliphatic rings. The molecule has 0 radical (unpaired) electrons. The van der Waals surface area contributed by atoms with Gasteiger partial charge in [-0.25, -0.2) is 4.98 Å². The van der Waals surface area contributed by atoms with Crippen LogP contribution in [0.1, 0.15) is 36.8 Å². The third kappa shape index (κ3) is 3.18. The standard InChI is InChI=1S/C17H22N4O/c1-12-5-3-4-6-16(12)13(2)17(22)20-15-7-14(8-15)9-21-11-18-10-19-21/h3-6,10-11,13-15H,7-9H2,1-2H3,(H,20,22). The van der Waals surface area contributed by atoms with Gasteiger partial charge < -0.3 is 5.32 Å². The summed E-state index contributed by atoms with van der Waals surface area (Å²) in [5, 5.41) is 7.29. The van der Waals surface area contributed by atoms with Crippen molar-refractivity contribution in [1.82, 2.24) is 20.1 Å². The SMILES string of the molecule is Cc1ccccc1C(C)C(=O)NC1CC(Cn2cncn2)C1. The summed E-state index contributed by atoms with van der Waals surface area (Å²) in [7, 11) is 0. The highest BCUT2D eigenvalue weighted by atomic mass is 16.1. The predicted octanol–water partition coefficient (Wildman–Crippen LogP) is 2.29. The molecular formula is C17H22N4O. The summed E-state index contributed by atoms with van der Waals surface area (Å²) in [4.78, 5) is 16.3. The first-order valence-electron chi connectivity index (χ1n) is 7.82. The van der Waals surface area contributed by atoms with Crippen LogP contribution in [0.4, 0.5) is 0 Å². The predicted molar refractivity (Wildman–Crippen MR) is 84.3 cm³/mol. The molecule has 2 aromatic rings. The molecule has 5 nitrogen and oxygen atoms in total. The Hall–Kier alpha value is -2.17. The smallest absolute Gasteiger partial charge is 0.227 e. The van der Waals surface area contributed by atoms with Crippen LogP contribution in [0.25, 0.3) is 0 Å². The van der Waals surface area contributed by atoms with Gasteiger partial charge in [0.2, 0.25) is 5.91 Å². The van der Waals surface area contributed by atoms with E-state index in [0.29, 0.717) is 12.0 Å². The minimum Gasteiger partial charge on any atom is -0.353 e. The summed E-state index contributed by atoms with van der Waals surface area (Å²) in [6, 6.07) is 8.38. The molecule has 116 valence electrons. The second-order valence-corrected chi connectivity index (χ2v) is 6.24. The number of benzene rings is 1. The van der Waals surface area contributed by atoms with Crippen molar-refractivity contribution in [2.24, 2.45) is 5.92 Å². The molecule has 1 atom stereocenters. The van der Waals surface area contributed by atoms with E-state index >= 15 is 0 Å². The van der Waals surface area contributed by atoms with Crippen LogP contribution in [0.5, 0.6) is 0 Å². The van der Waals surface area contributed by atoms with Gasteiger partial charge >= 0.3 is 0 Å². The Labute approximate surface area is 130 Å². The number of rotatable bonds is 5. The lowest BCUT2D eigenvalue weighted by Crippen LogP contribution is -2.46. The van der Waals surface area contributed by atoms with Crippen LogP contribution in [0.2, 0.25) is 0 Å². The van der Waals surface area contributed by atoms with Crippen molar-refractivity contribution in [3.05, 3.63) is 48.0 Å². The Bertz CT molecular complexity index is 632. The lowest BCUT2D eigenvalue weighted by molar-refractivity contribution is -0.123. The first kappa shape index (κ1) is 14.8. The number of aromatic nitrogens is 3. The third-order valence-electron chi connectivity index (χ3n) is 4.54. The molecule has 1 N–H and O–H groups in total. The highest BCUT2D eigenvalue weighted by Crippen LogP contribution is 2.29. The second kappa shape index (κ2) is 6.30. The van der Waals surface area contributed by atoms with E-state index in [4.69, 9.17) is 0 Å². The van der Waals surface area contributed by atoms with Crippen LogP contribution in [-0.4, -0.2) is 26.7 Å². The maximum atomic E-state index is 12.4. The number of nitrogens with zero attached hydrogens (tertiary/aromatic N) is 3. The number of carbonyl (C=O) groups excluding carboxylic acids is 1. The Morgan fingerprint density at radius 3 is 2.86 bits per heavy atom. The fourth-order valence-electron chi connectivity index (χ4n) is 3.13. The van der Waals surface area contributed by atoms with Crippen molar-refractivity contribution in [1.29, 1.82) is 0 Å². The van der Waals surface area contributed by atoms with Crippen molar-refractivity contribution < 1.29 is 4.79 Å². The molecule has 0 spiro atoms. The van der Waals surface area contributed by atoms with Gasteiger partial charge in [0.15, 0.2) is 0 Å². The van der Waals surface area contributed by atoms with E-state index in [1.54, 1.807) is 12.7 Å². The average Bonchev–Trinajstić information content (AvgIpc) is 2.97. The largest absolute Gasteiger partial charge is 0.353 e. The highest BCUT2D eigenvalue weighted by molar-refractivity contribution is 5.83. The monoisotopic (exact) mass is 298 g/mol. The quantitative estimate of drug-likeness (QED) is 0.921.